The van der Waals surface area contributed by atoms with E-state index < -0.39 is 24.5 Å². The molecule has 3 amide bonds. The fourth-order valence-electron chi connectivity index (χ4n) is 1.53. The van der Waals surface area contributed by atoms with Crippen molar-refractivity contribution in [3.05, 3.63) is 28.8 Å². The zero-order valence-corrected chi connectivity index (χ0v) is 11.8. The van der Waals surface area contributed by atoms with Gasteiger partial charge in [-0.25, -0.2) is 9.59 Å². The van der Waals surface area contributed by atoms with E-state index in [0.717, 1.165) is 12.8 Å². The van der Waals surface area contributed by atoms with E-state index in [9.17, 15) is 14.4 Å². The molecule has 0 spiro atoms. The maximum atomic E-state index is 11.8. The average Bonchev–Trinajstić information content (AvgIpc) is 3.22. The van der Waals surface area contributed by atoms with Gasteiger partial charge in [-0.15, -0.1) is 0 Å². The van der Waals surface area contributed by atoms with Crippen molar-refractivity contribution >= 4 is 35.2 Å². The molecule has 0 aromatic heterocycles. The molecule has 1 aromatic rings. The van der Waals surface area contributed by atoms with Crippen LogP contribution < -0.4 is 16.4 Å². The number of rotatable bonds is 4. The van der Waals surface area contributed by atoms with E-state index in [1.54, 1.807) is 0 Å². The molecule has 1 aliphatic carbocycles. The highest BCUT2D eigenvalue weighted by molar-refractivity contribution is 6.31. The van der Waals surface area contributed by atoms with Gasteiger partial charge in [0.05, 0.1) is 5.56 Å². The lowest BCUT2D eigenvalue weighted by Gasteiger charge is -2.08. The molecule has 1 saturated carbocycles. The van der Waals surface area contributed by atoms with Crippen molar-refractivity contribution in [3.63, 3.8) is 0 Å². The average molecular weight is 312 g/mol. The molecule has 1 fully saturated rings. The molecule has 7 nitrogen and oxygen atoms in total. The molecule has 1 aliphatic rings. The van der Waals surface area contributed by atoms with Gasteiger partial charge in [0.2, 0.25) is 0 Å². The fourth-order valence-corrected chi connectivity index (χ4v) is 1.70. The third kappa shape index (κ3) is 4.64. The summed E-state index contributed by atoms with van der Waals surface area (Å²) in [6.07, 6.45) is 1.81. The summed E-state index contributed by atoms with van der Waals surface area (Å²) in [4.78, 5) is 34.5. The molecule has 0 heterocycles. The lowest BCUT2D eigenvalue weighted by atomic mass is 10.2. The first-order valence-electron chi connectivity index (χ1n) is 6.28. The Morgan fingerprint density at radius 3 is 2.71 bits per heavy atom. The van der Waals surface area contributed by atoms with Crippen molar-refractivity contribution in [1.82, 2.24) is 10.6 Å². The normalized spacial score (nSPS) is 13.4. The van der Waals surface area contributed by atoms with Gasteiger partial charge in [0.25, 0.3) is 5.91 Å². The summed E-state index contributed by atoms with van der Waals surface area (Å²) in [7, 11) is 0. The van der Waals surface area contributed by atoms with E-state index in [2.05, 4.69) is 10.6 Å². The van der Waals surface area contributed by atoms with Gasteiger partial charge in [-0.2, -0.15) is 0 Å². The summed E-state index contributed by atoms with van der Waals surface area (Å²) >= 11 is 5.75. The summed E-state index contributed by atoms with van der Waals surface area (Å²) < 4.78 is 4.78. The standard InChI is InChI=1S/C13H14ClN3O4/c14-7-1-4-10(15)9(5-7)12(19)21-6-11(18)17-13(20)16-8-2-3-8/h1,4-5,8H,2-3,6,15H2,(H2,16,17,18,20). The van der Waals surface area contributed by atoms with Crippen LogP contribution in [-0.2, 0) is 9.53 Å². The quantitative estimate of drug-likeness (QED) is 0.569. The Bertz CT molecular complexity index is 587. The van der Waals surface area contributed by atoms with Gasteiger partial charge in [-0.3, -0.25) is 10.1 Å². The maximum Gasteiger partial charge on any atom is 0.340 e. The van der Waals surface area contributed by atoms with Crippen LogP contribution in [0.4, 0.5) is 10.5 Å². The van der Waals surface area contributed by atoms with Crippen molar-refractivity contribution in [3.8, 4) is 0 Å². The first kappa shape index (κ1) is 15.1. The van der Waals surface area contributed by atoms with E-state index in [4.69, 9.17) is 22.1 Å². The molecular formula is C13H14ClN3O4. The van der Waals surface area contributed by atoms with Gasteiger partial charge in [0.15, 0.2) is 6.61 Å². The number of hydrogen-bond acceptors (Lipinski definition) is 5. The van der Waals surface area contributed by atoms with Crippen LogP contribution in [0.1, 0.15) is 23.2 Å². The first-order chi connectivity index (χ1) is 9.95. The van der Waals surface area contributed by atoms with E-state index in [-0.39, 0.29) is 17.3 Å². The second kappa shape index (κ2) is 6.45. The Hall–Kier alpha value is -2.28. The maximum absolute atomic E-state index is 11.8. The number of carbonyl (C=O) groups excluding carboxylic acids is 3. The first-order valence-corrected chi connectivity index (χ1v) is 6.66. The molecule has 0 radical (unpaired) electrons. The van der Waals surface area contributed by atoms with Crippen LogP contribution in [-0.4, -0.2) is 30.6 Å². The van der Waals surface area contributed by atoms with Crippen LogP contribution in [0.15, 0.2) is 18.2 Å². The summed E-state index contributed by atoms with van der Waals surface area (Å²) in [5.41, 5.74) is 5.87. The van der Waals surface area contributed by atoms with Crippen molar-refractivity contribution in [2.75, 3.05) is 12.3 Å². The highest BCUT2D eigenvalue weighted by atomic mass is 35.5. The highest BCUT2D eigenvalue weighted by Crippen LogP contribution is 2.19. The second-order valence-corrected chi connectivity index (χ2v) is 5.04. The number of hydrogen-bond donors (Lipinski definition) is 3. The Kier molecular flexibility index (Phi) is 4.64. The predicted octanol–water partition coefficient (Wildman–Crippen LogP) is 1.07. The molecule has 2 rings (SSSR count). The zero-order valence-electron chi connectivity index (χ0n) is 11.0. The van der Waals surface area contributed by atoms with Gasteiger partial charge >= 0.3 is 12.0 Å². The topological polar surface area (TPSA) is 111 Å². The zero-order chi connectivity index (χ0) is 15.4. The van der Waals surface area contributed by atoms with Gasteiger partial charge in [0.1, 0.15) is 0 Å². The summed E-state index contributed by atoms with van der Waals surface area (Å²) in [5, 5.41) is 4.96. The van der Waals surface area contributed by atoms with Crippen molar-refractivity contribution in [1.29, 1.82) is 0 Å². The van der Waals surface area contributed by atoms with E-state index in [1.165, 1.54) is 18.2 Å². The lowest BCUT2D eigenvalue weighted by molar-refractivity contribution is -0.123. The largest absolute Gasteiger partial charge is 0.452 e. The number of anilines is 1. The Labute approximate surface area is 125 Å². The smallest absolute Gasteiger partial charge is 0.340 e. The molecule has 0 bridgehead atoms. The third-order valence-corrected chi connectivity index (χ3v) is 2.97. The van der Waals surface area contributed by atoms with Crippen LogP contribution in [0.3, 0.4) is 0 Å². The number of ether oxygens (including phenoxy) is 1. The Morgan fingerprint density at radius 1 is 1.33 bits per heavy atom. The molecule has 21 heavy (non-hydrogen) atoms. The third-order valence-electron chi connectivity index (χ3n) is 2.74. The minimum absolute atomic E-state index is 0.0673. The monoisotopic (exact) mass is 311 g/mol. The van der Waals surface area contributed by atoms with Crippen LogP contribution >= 0.6 is 11.6 Å². The Balaban J connectivity index is 1.81. The molecule has 8 heteroatoms. The van der Waals surface area contributed by atoms with Gasteiger partial charge < -0.3 is 15.8 Å². The SMILES string of the molecule is Nc1ccc(Cl)cc1C(=O)OCC(=O)NC(=O)NC1CC1. The van der Waals surface area contributed by atoms with Gasteiger partial charge in [-0.05, 0) is 31.0 Å². The number of imide groups is 1. The molecule has 4 N–H and O–H groups in total. The molecule has 0 atom stereocenters. The summed E-state index contributed by atoms with van der Waals surface area (Å²) in [5.74, 6) is -1.50. The fraction of sp³-hybridized carbons (Fsp3) is 0.308. The minimum atomic E-state index is -0.784. The van der Waals surface area contributed by atoms with Crippen molar-refractivity contribution in [2.45, 2.75) is 18.9 Å². The number of nitrogens with one attached hydrogen (secondary N) is 2. The van der Waals surface area contributed by atoms with Gasteiger partial charge in [0, 0.05) is 16.8 Å². The van der Waals surface area contributed by atoms with E-state index in [0.29, 0.717) is 5.02 Å². The molecule has 1 aromatic carbocycles. The van der Waals surface area contributed by atoms with E-state index >= 15 is 0 Å². The second-order valence-electron chi connectivity index (χ2n) is 4.60. The van der Waals surface area contributed by atoms with Crippen molar-refractivity contribution in [2.24, 2.45) is 0 Å². The number of benzene rings is 1. The number of urea groups is 1. The number of halogens is 1. The van der Waals surface area contributed by atoms with Crippen molar-refractivity contribution < 1.29 is 19.1 Å². The number of esters is 1. The predicted molar refractivity (Wildman–Crippen MR) is 75.8 cm³/mol. The Morgan fingerprint density at radius 2 is 2.05 bits per heavy atom. The van der Waals surface area contributed by atoms with Crippen LogP contribution in [0, 0.1) is 0 Å². The molecule has 0 unspecified atom stereocenters. The number of nitrogens with two attached hydrogens (primary N) is 1. The highest BCUT2D eigenvalue weighted by Gasteiger charge is 2.24. The van der Waals surface area contributed by atoms with Crippen LogP contribution in [0.25, 0.3) is 0 Å². The molecular weight excluding hydrogens is 298 g/mol. The number of nitrogen functional groups attached to an aromatic ring is 1. The van der Waals surface area contributed by atoms with Crippen LogP contribution in [0.2, 0.25) is 5.02 Å². The number of carbonyl (C=O) groups is 3. The molecule has 112 valence electrons. The number of amides is 3. The summed E-state index contributed by atoms with van der Waals surface area (Å²) in [6.45, 7) is -0.580. The van der Waals surface area contributed by atoms with Gasteiger partial charge in [-0.1, -0.05) is 11.6 Å². The molecule has 0 saturated heterocycles. The molecule has 0 aliphatic heterocycles. The van der Waals surface area contributed by atoms with E-state index in [1.807, 2.05) is 0 Å². The lowest BCUT2D eigenvalue weighted by Crippen LogP contribution is -2.42. The van der Waals surface area contributed by atoms with Crippen LogP contribution in [0.5, 0.6) is 0 Å². The summed E-state index contributed by atoms with van der Waals surface area (Å²) in [6, 6.07) is 3.87. The minimum Gasteiger partial charge on any atom is -0.452 e.